The van der Waals surface area contributed by atoms with E-state index in [9.17, 15) is 4.79 Å². The van der Waals surface area contributed by atoms with Crippen molar-refractivity contribution >= 4 is 49.2 Å². The van der Waals surface area contributed by atoms with Crippen molar-refractivity contribution in [3.8, 4) is 22.5 Å². The number of nitrogens with zero attached hydrogens (tertiary/aromatic N) is 2. The Morgan fingerprint density at radius 3 is 2.44 bits per heavy atom. The van der Waals surface area contributed by atoms with Crippen molar-refractivity contribution in [1.82, 2.24) is 9.97 Å². The molecule has 2 aromatic heterocycles. The number of halogens is 1. The number of aromatic nitrogens is 2. The molecule has 2 heterocycles. The average Bonchev–Trinajstić information content (AvgIpc) is 3.18. The average molecular weight is 500 g/mol. The van der Waals surface area contributed by atoms with E-state index in [1.54, 1.807) is 0 Å². The van der Waals surface area contributed by atoms with Gasteiger partial charge in [-0.3, -0.25) is 10.1 Å². The van der Waals surface area contributed by atoms with Crippen molar-refractivity contribution in [3.05, 3.63) is 99.8 Å². The highest BCUT2D eigenvalue weighted by Crippen LogP contribution is 2.32. The number of hydrogen-bond acceptors (Lipinski definition) is 4. The number of pyridine rings is 1. The predicted octanol–water partition coefficient (Wildman–Crippen LogP) is 7.35. The van der Waals surface area contributed by atoms with Crippen molar-refractivity contribution in [2.75, 3.05) is 5.32 Å². The highest BCUT2D eigenvalue weighted by Gasteiger charge is 2.17. The normalized spacial score (nSPS) is 10.9. The van der Waals surface area contributed by atoms with Crippen LogP contribution >= 0.6 is 27.3 Å². The minimum Gasteiger partial charge on any atom is -0.298 e. The quantitative estimate of drug-likeness (QED) is 0.281. The molecule has 0 aliphatic heterocycles. The fourth-order valence-corrected chi connectivity index (χ4v) is 4.87. The standard InChI is InChI=1S/C26H18BrN3OS/c1-16-24(17-8-3-2-4-9-17)29-26(32-16)30-25(31)21-15-23(18-10-7-11-19(27)14-18)28-22-13-6-5-12-20(21)22/h2-15H,1H3,(H,29,30,31). The molecule has 0 aliphatic carbocycles. The number of thiazole rings is 1. The summed E-state index contributed by atoms with van der Waals surface area (Å²) in [6.45, 7) is 2.02. The Hall–Kier alpha value is -3.35. The Kier molecular flexibility index (Phi) is 5.55. The van der Waals surface area contributed by atoms with Crippen LogP contribution in [0.25, 0.3) is 33.4 Å². The van der Waals surface area contributed by atoms with E-state index < -0.39 is 0 Å². The molecule has 6 heteroatoms. The van der Waals surface area contributed by atoms with Crippen LogP contribution in [0.1, 0.15) is 15.2 Å². The van der Waals surface area contributed by atoms with Crippen molar-refractivity contribution in [2.45, 2.75) is 6.92 Å². The van der Waals surface area contributed by atoms with Crippen LogP contribution in [-0.2, 0) is 0 Å². The second kappa shape index (κ2) is 8.65. The second-order valence-electron chi connectivity index (χ2n) is 7.33. The van der Waals surface area contributed by atoms with Gasteiger partial charge in [0.2, 0.25) is 0 Å². The van der Waals surface area contributed by atoms with Crippen LogP contribution in [0.15, 0.2) is 89.4 Å². The molecule has 3 aromatic carbocycles. The summed E-state index contributed by atoms with van der Waals surface area (Å²) >= 11 is 4.99. The molecule has 5 aromatic rings. The highest BCUT2D eigenvalue weighted by atomic mass is 79.9. The minimum atomic E-state index is -0.201. The number of carbonyl (C=O) groups is 1. The van der Waals surface area contributed by atoms with Gasteiger partial charge in [0.1, 0.15) is 0 Å². The third-order valence-corrected chi connectivity index (χ3v) is 6.52. The number of carbonyl (C=O) groups excluding carboxylic acids is 1. The molecule has 0 spiro atoms. The van der Waals surface area contributed by atoms with Gasteiger partial charge in [0.05, 0.1) is 22.5 Å². The fraction of sp³-hybridized carbons (Fsp3) is 0.0385. The van der Waals surface area contributed by atoms with Gasteiger partial charge in [0, 0.05) is 25.9 Å². The van der Waals surface area contributed by atoms with Crippen molar-refractivity contribution < 1.29 is 4.79 Å². The Balaban J connectivity index is 1.54. The van der Waals surface area contributed by atoms with Crippen LogP contribution in [0.4, 0.5) is 5.13 Å². The third-order valence-electron chi connectivity index (χ3n) is 5.15. The minimum absolute atomic E-state index is 0.201. The molecule has 4 nitrogen and oxygen atoms in total. The lowest BCUT2D eigenvalue weighted by Crippen LogP contribution is -2.13. The molecule has 0 saturated carbocycles. The smallest absolute Gasteiger partial charge is 0.258 e. The molecule has 0 saturated heterocycles. The lowest BCUT2D eigenvalue weighted by Gasteiger charge is -2.10. The lowest BCUT2D eigenvalue weighted by atomic mass is 10.0. The van der Waals surface area contributed by atoms with Gasteiger partial charge in [-0.25, -0.2) is 9.97 Å². The number of nitrogens with one attached hydrogen (secondary N) is 1. The Morgan fingerprint density at radius 2 is 1.62 bits per heavy atom. The van der Waals surface area contributed by atoms with Gasteiger partial charge in [0.15, 0.2) is 5.13 Å². The monoisotopic (exact) mass is 499 g/mol. The van der Waals surface area contributed by atoms with Gasteiger partial charge in [-0.2, -0.15) is 0 Å². The van der Waals surface area contributed by atoms with E-state index in [-0.39, 0.29) is 5.91 Å². The summed E-state index contributed by atoms with van der Waals surface area (Å²) < 4.78 is 0.961. The van der Waals surface area contributed by atoms with Crippen LogP contribution in [0.5, 0.6) is 0 Å². The van der Waals surface area contributed by atoms with E-state index in [1.807, 2.05) is 91.9 Å². The number of rotatable bonds is 4. The molecule has 0 aliphatic rings. The SMILES string of the molecule is Cc1sc(NC(=O)c2cc(-c3cccc(Br)c3)nc3ccccc23)nc1-c1ccccc1. The molecule has 5 rings (SSSR count). The summed E-state index contributed by atoms with van der Waals surface area (Å²) in [5, 5.41) is 4.39. The van der Waals surface area contributed by atoms with Crippen LogP contribution in [0, 0.1) is 6.92 Å². The number of aryl methyl sites for hydroxylation is 1. The van der Waals surface area contributed by atoms with Crippen molar-refractivity contribution in [1.29, 1.82) is 0 Å². The number of fused-ring (bicyclic) bond motifs is 1. The zero-order valence-electron chi connectivity index (χ0n) is 17.2. The summed E-state index contributed by atoms with van der Waals surface area (Å²) in [5.41, 5.74) is 4.95. The van der Waals surface area contributed by atoms with Gasteiger partial charge >= 0.3 is 0 Å². The maximum atomic E-state index is 13.4. The van der Waals surface area contributed by atoms with E-state index in [0.717, 1.165) is 42.8 Å². The lowest BCUT2D eigenvalue weighted by molar-refractivity contribution is 0.102. The molecule has 0 radical (unpaired) electrons. The number of anilines is 1. The number of benzene rings is 3. The van der Waals surface area contributed by atoms with Gasteiger partial charge in [-0.05, 0) is 31.2 Å². The van der Waals surface area contributed by atoms with Gasteiger partial charge < -0.3 is 0 Å². The van der Waals surface area contributed by atoms with E-state index in [1.165, 1.54) is 11.3 Å². The molecular weight excluding hydrogens is 482 g/mol. The maximum absolute atomic E-state index is 13.4. The van der Waals surface area contributed by atoms with Crippen LogP contribution < -0.4 is 5.32 Å². The summed E-state index contributed by atoms with van der Waals surface area (Å²) in [4.78, 5) is 23.9. The van der Waals surface area contributed by atoms with E-state index in [0.29, 0.717) is 10.7 Å². The van der Waals surface area contributed by atoms with Crippen LogP contribution in [0.2, 0.25) is 0 Å². The zero-order valence-corrected chi connectivity index (χ0v) is 19.6. The third kappa shape index (κ3) is 4.07. The van der Waals surface area contributed by atoms with Crippen molar-refractivity contribution in [3.63, 3.8) is 0 Å². The van der Waals surface area contributed by atoms with Gasteiger partial charge in [-0.1, -0.05) is 76.6 Å². The molecule has 0 fully saturated rings. The molecule has 156 valence electrons. The Labute approximate surface area is 198 Å². The summed E-state index contributed by atoms with van der Waals surface area (Å²) in [6, 6.07) is 27.4. The predicted molar refractivity (Wildman–Crippen MR) is 135 cm³/mol. The number of para-hydroxylation sites is 1. The maximum Gasteiger partial charge on any atom is 0.258 e. The van der Waals surface area contributed by atoms with Crippen LogP contribution in [0.3, 0.4) is 0 Å². The Bertz CT molecular complexity index is 1450. The first-order chi connectivity index (χ1) is 15.6. The molecule has 32 heavy (non-hydrogen) atoms. The van der Waals surface area contributed by atoms with Gasteiger partial charge in [0.25, 0.3) is 5.91 Å². The van der Waals surface area contributed by atoms with Gasteiger partial charge in [-0.15, -0.1) is 11.3 Å². The molecule has 1 amide bonds. The first kappa shape index (κ1) is 20.5. The largest absolute Gasteiger partial charge is 0.298 e. The summed E-state index contributed by atoms with van der Waals surface area (Å²) in [6.07, 6.45) is 0. The first-order valence-corrected chi connectivity index (χ1v) is 11.7. The highest BCUT2D eigenvalue weighted by molar-refractivity contribution is 9.10. The van der Waals surface area contributed by atoms with E-state index in [2.05, 4.69) is 26.2 Å². The molecular formula is C26H18BrN3OS. The molecule has 0 bridgehead atoms. The number of amides is 1. The summed E-state index contributed by atoms with van der Waals surface area (Å²) in [5.74, 6) is -0.201. The zero-order chi connectivity index (χ0) is 22.1. The molecule has 1 N–H and O–H groups in total. The topological polar surface area (TPSA) is 54.9 Å². The molecule has 0 atom stereocenters. The number of hydrogen-bond donors (Lipinski definition) is 1. The van der Waals surface area contributed by atoms with Crippen LogP contribution in [-0.4, -0.2) is 15.9 Å². The second-order valence-corrected chi connectivity index (χ2v) is 9.45. The first-order valence-electron chi connectivity index (χ1n) is 10.1. The van der Waals surface area contributed by atoms with Crippen molar-refractivity contribution in [2.24, 2.45) is 0 Å². The van der Waals surface area contributed by atoms with E-state index >= 15 is 0 Å². The summed E-state index contributed by atoms with van der Waals surface area (Å²) in [7, 11) is 0. The fourth-order valence-electron chi connectivity index (χ4n) is 3.64. The molecule has 0 unspecified atom stereocenters. The van der Waals surface area contributed by atoms with E-state index in [4.69, 9.17) is 4.98 Å². The Morgan fingerprint density at radius 1 is 0.875 bits per heavy atom.